The average molecular weight is 226 g/mol. The van der Waals surface area contributed by atoms with E-state index in [0.717, 1.165) is 25.0 Å². The monoisotopic (exact) mass is 226 g/mol. The number of nitrogens with two attached hydrogens (primary N) is 1. The van der Waals surface area contributed by atoms with Crippen molar-refractivity contribution >= 4 is 11.6 Å². The van der Waals surface area contributed by atoms with Gasteiger partial charge in [0.2, 0.25) is 0 Å². The molecule has 1 aliphatic carbocycles. The van der Waals surface area contributed by atoms with Gasteiger partial charge in [-0.05, 0) is 30.9 Å². The molecule has 0 saturated heterocycles. The highest BCUT2D eigenvalue weighted by molar-refractivity contribution is 5.95. The summed E-state index contributed by atoms with van der Waals surface area (Å²) in [5.41, 5.74) is 4.45. The van der Waals surface area contributed by atoms with E-state index in [9.17, 15) is 13.6 Å². The first-order chi connectivity index (χ1) is 7.59. The van der Waals surface area contributed by atoms with Crippen LogP contribution in [-0.2, 0) is 0 Å². The molecule has 1 fully saturated rings. The van der Waals surface area contributed by atoms with Gasteiger partial charge in [0.15, 0.2) is 5.82 Å². The zero-order valence-corrected chi connectivity index (χ0v) is 8.59. The third kappa shape index (κ3) is 2.13. The van der Waals surface area contributed by atoms with Crippen molar-refractivity contribution in [2.45, 2.75) is 12.8 Å². The first-order valence-electron chi connectivity index (χ1n) is 5.11. The number of hydrogen-bond donors (Lipinski definition) is 2. The topological polar surface area (TPSA) is 55.1 Å². The van der Waals surface area contributed by atoms with Crippen LogP contribution in [0.25, 0.3) is 0 Å². The first kappa shape index (κ1) is 10.9. The van der Waals surface area contributed by atoms with E-state index >= 15 is 0 Å². The third-order valence-corrected chi connectivity index (χ3v) is 2.60. The van der Waals surface area contributed by atoms with Crippen LogP contribution in [0.5, 0.6) is 0 Å². The minimum atomic E-state index is -0.992. The Morgan fingerprint density at radius 3 is 2.75 bits per heavy atom. The molecule has 2 rings (SSSR count). The Morgan fingerprint density at radius 1 is 1.44 bits per heavy atom. The van der Waals surface area contributed by atoms with Gasteiger partial charge in [0.05, 0.1) is 5.69 Å². The van der Waals surface area contributed by atoms with Gasteiger partial charge in [-0.2, -0.15) is 0 Å². The van der Waals surface area contributed by atoms with Crippen LogP contribution in [0.2, 0.25) is 0 Å². The zero-order valence-electron chi connectivity index (χ0n) is 8.59. The molecule has 1 aromatic carbocycles. The van der Waals surface area contributed by atoms with Crippen molar-refractivity contribution < 1.29 is 13.6 Å². The van der Waals surface area contributed by atoms with E-state index in [4.69, 9.17) is 5.73 Å². The van der Waals surface area contributed by atoms with E-state index in [1.807, 2.05) is 0 Å². The molecule has 0 bridgehead atoms. The summed E-state index contributed by atoms with van der Waals surface area (Å²) in [7, 11) is 0. The molecular formula is C11H12F2N2O. The average Bonchev–Trinajstić information content (AvgIpc) is 3.05. The number of hydrogen-bond acceptors (Lipinski definition) is 2. The lowest BCUT2D eigenvalue weighted by Gasteiger charge is -2.07. The minimum absolute atomic E-state index is 0.224. The summed E-state index contributed by atoms with van der Waals surface area (Å²) in [5.74, 6) is -2.17. The quantitative estimate of drug-likeness (QED) is 0.770. The van der Waals surface area contributed by atoms with Gasteiger partial charge in [0.25, 0.3) is 5.91 Å². The van der Waals surface area contributed by atoms with Gasteiger partial charge in [-0.1, -0.05) is 0 Å². The van der Waals surface area contributed by atoms with Gasteiger partial charge >= 0.3 is 0 Å². The van der Waals surface area contributed by atoms with Crippen molar-refractivity contribution in [1.82, 2.24) is 5.32 Å². The Kier molecular flexibility index (Phi) is 2.77. The molecule has 3 nitrogen and oxygen atoms in total. The van der Waals surface area contributed by atoms with Crippen LogP contribution in [0.15, 0.2) is 12.1 Å². The molecule has 0 aromatic heterocycles. The van der Waals surface area contributed by atoms with Gasteiger partial charge in [-0.3, -0.25) is 4.79 Å². The van der Waals surface area contributed by atoms with Gasteiger partial charge in [0, 0.05) is 6.54 Å². The van der Waals surface area contributed by atoms with Crippen molar-refractivity contribution in [3.63, 3.8) is 0 Å². The molecule has 0 unspecified atom stereocenters. The molecule has 1 aliphatic rings. The lowest BCUT2D eigenvalue weighted by Crippen LogP contribution is -2.27. The number of halogens is 2. The molecular weight excluding hydrogens is 214 g/mol. The van der Waals surface area contributed by atoms with E-state index in [-0.39, 0.29) is 5.69 Å². The van der Waals surface area contributed by atoms with Crippen LogP contribution in [0.3, 0.4) is 0 Å². The SMILES string of the molecule is Nc1ccc(F)c(C(=O)NCC2CC2)c1F. The molecule has 3 N–H and O–H groups in total. The number of carbonyl (C=O) groups is 1. The molecule has 86 valence electrons. The molecule has 5 heteroatoms. The third-order valence-electron chi connectivity index (χ3n) is 2.60. The summed E-state index contributed by atoms with van der Waals surface area (Å²) in [5, 5.41) is 2.50. The number of nitrogens with one attached hydrogen (secondary N) is 1. The molecule has 0 aliphatic heterocycles. The Morgan fingerprint density at radius 2 is 2.12 bits per heavy atom. The fourth-order valence-electron chi connectivity index (χ4n) is 1.42. The van der Waals surface area contributed by atoms with Crippen LogP contribution in [-0.4, -0.2) is 12.5 Å². The summed E-state index contributed by atoms with van der Waals surface area (Å²) in [6.07, 6.45) is 2.12. The van der Waals surface area contributed by atoms with Gasteiger partial charge in [-0.25, -0.2) is 8.78 Å². The van der Waals surface area contributed by atoms with E-state index in [1.54, 1.807) is 0 Å². The number of rotatable bonds is 3. The van der Waals surface area contributed by atoms with Crippen molar-refractivity contribution in [3.05, 3.63) is 29.3 Å². The second kappa shape index (κ2) is 4.08. The lowest BCUT2D eigenvalue weighted by molar-refractivity contribution is 0.0943. The van der Waals surface area contributed by atoms with Gasteiger partial charge < -0.3 is 11.1 Å². The molecule has 0 spiro atoms. The molecule has 1 saturated carbocycles. The minimum Gasteiger partial charge on any atom is -0.396 e. The number of benzene rings is 1. The van der Waals surface area contributed by atoms with Gasteiger partial charge in [0.1, 0.15) is 11.4 Å². The van der Waals surface area contributed by atoms with E-state index in [0.29, 0.717) is 12.5 Å². The second-order valence-corrected chi connectivity index (χ2v) is 3.98. The second-order valence-electron chi connectivity index (χ2n) is 3.98. The van der Waals surface area contributed by atoms with Crippen molar-refractivity contribution in [1.29, 1.82) is 0 Å². The highest BCUT2D eigenvalue weighted by Gasteiger charge is 2.24. The molecule has 0 heterocycles. The maximum absolute atomic E-state index is 13.4. The largest absolute Gasteiger partial charge is 0.396 e. The number of amides is 1. The Balaban J connectivity index is 2.17. The standard InChI is InChI=1S/C11H12F2N2O/c12-7-3-4-8(14)10(13)9(7)11(16)15-5-6-1-2-6/h3-4,6H,1-2,5,14H2,(H,15,16). The predicted octanol–water partition coefficient (Wildman–Crippen LogP) is 1.69. The number of nitrogen functional groups attached to an aromatic ring is 1. The van der Waals surface area contributed by atoms with E-state index < -0.39 is 23.1 Å². The fraction of sp³-hybridized carbons (Fsp3) is 0.364. The highest BCUT2D eigenvalue weighted by Crippen LogP contribution is 2.28. The fourth-order valence-corrected chi connectivity index (χ4v) is 1.42. The number of carbonyl (C=O) groups excluding carboxylic acids is 1. The smallest absolute Gasteiger partial charge is 0.257 e. The Hall–Kier alpha value is -1.65. The Labute approximate surface area is 91.6 Å². The van der Waals surface area contributed by atoms with E-state index in [2.05, 4.69) is 5.32 Å². The van der Waals surface area contributed by atoms with Crippen LogP contribution < -0.4 is 11.1 Å². The molecule has 1 amide bonds. The lowest BCUT2D eigenvalue weighted by atomic mass is 10.1. The predicted molar refractivity (Wildman–Crippen MR) is 55.8 cm³/mol. The normalized spacial score (nSPS) is 14.9. The molecule has 0 radical (unpaired) electrons. The van der Waals surface area contributed by atoms with E-state index in [1.165, 1.54) is 0 Å². The van der Waals surface area contributed by atoms with Crippen molar-refractivity contribution in [2.24, 2.45) is 5.92 Å². The maximum Gasteiger partial charge on any atom is 0.257 e. The summed E-state index contributed by atoms with van der Waals surface area (Å²) < 4.78 is 26.7. The first-order valence-corrected chi connectivity index (χ1v) is 5.11. The highest BCUT2D eigenvalue weighted by atomic mass is 19.1. The van der Waals surface area contributed by atoms with Crippen LogP contribution in [0.1, 0.15) is 23.2 Å². The zero-order chi connectivity index (χ0) is 11.7. The maximum atomic E-state index is 13.4. The molecule has 16 heavy (non-hydrogen) atoms. The van der Waals surface area contributed by atoms with Crippen molar-refractivity contribution in [3.8, 4) is 0 Å². The van der Waals surface area contributed by atoms with Crippen LogP contribution in [0.4, 0.5) is 14.5 Å². The Bertz CT molecular complexity index is 430. The summed E-state index contributed by atoms with van der Waals surface area (Å²) in [6, 6.07) is 2.09. The van der Waals surface area contributed by atoms with Crippen LogP contribution >= 0.6 is 0 Å². The molecule has 0 atom stereocenters. The summed E-state index contributed by atoms with van der Waals surface area (Å²) in [6.45, 7) is 0.465. The van der Waals surface area contributed by atoms with Crippen LogP contribution in [0, 0.1) is 17.6 Å². The van der Waals surface area contributed by atoms with Gasteiger partial charge in [-0.15, -0.1) is 0 Å². The molecule has 1 aromatic rings. The summed E-state index contributed by atoms with van der Waals surface area (Å²) in [4.78, 5) is 11.5. The summed E-state index contributed by atoms with van der Waals surface area (Å²) >= 11 is 0. The number of anilines is 1. The van der Waals surface area contributed by atoms with Crippen molar-refractivity contribution in [2.75, 3.05) is 12.3 Å².